The molecule has 0 spiro atoms. The van der Waals surface area contributed by atoms with Crippen LogP contribution in [0.25, 0.3) is 0 Å². The van der Waals surface area contributed by atoms with Crippen LogP contribution in [-0.4, -0.2) is 21.1 Å². The predicted octanol–water partition coefficient (Wildman–Crippen LogP) is 3.47. The topological polar surface area (TPSA) is 58.5 Å². The molecule has 0 bridgehead atoms. The molecule has 1 amide bonds. The lowest BCUT2D eigenvalue weighted by Gasteiger charge is -2.17. The van der Waals surface area contributed by atoms with Gasteiger partial charge in [-0.1, -0.05) is 13.0 Å². The number of nitrogens with zero attached hydrogens (tertiary/aromatic N) is 1. The first-order valence-electron chi connectivity index (χ1n) is 6.85. The maximum absolute atomic E-state index is 13.0. The van der Waals surface area contributed by atoms with Gasteiger partial charge in [-0.3, -0.25) is 4.79 Å². The lowest BCUT2D eigenvalue weighted by molar-refractivity contribution is -0.116. The van der Waals surface area contributed by atoms with E-state index in [4.69, 9.17) is 0 Å². The number of carbonyl (C=O) groups is 1. The molecule has 0 saturated heterocycles. The molecule has 0 saturated carbocycles. The van der Waals surface area contributed by atoms with Crippen LogP contribution in [0.2, 0.25) is 0 Å². The Kier molecular flexibility index (Phi) is 6.68. The van der Waals surface area contributed by atoms with Gasteiger partial charge >= 0.3 is 0 Å². The zero-order valence-electron chi connectivity index (χ0n) is 12.6. The Bertz CT molecular complexity index is 544. The summed E-state index contributed by atoms with van der Waals surface area (Å²) in [5.74, 6) is -0.626. The van der Waals surface area contributed by atoms with Crippen molar-refractivity contribution in [2.75, 3.05) is 5.32 Å². The van der Waals surface area contributed by atoms with Crippen LogP contribution in [0.4, 0.5) is 10.1 Å². The molecule has 0 aliphatic heterocycles. The number of nitrogens with one attached hydrogen (secondary N) is 1. The third kappa shape index (κ3) is 6.16. The average molecular weight is 312 g/mol. The fraction of sp³-hybridized carbons (Fsp3) is 0.467. The first-order valence-corrected chi connectivity index (χ1v) is 7.96. The van der Waals surface area contributed by atoms with E-state index >= 15 is 0 Å². The van der Waals surface area contributed by atoms with E-state index < -0.39 is 16.8 Å². The van der Waals surface area contributed by atoms with Crippen LogP contribution in [0.3, 0.4) is 0 Å². The Balaban J connectivity index is 2.39. The van der Waals surface area contributed by atoms with E-state index in [1.165, 1.54) is 24.4 Å². The highest BCUT2D eigenvalue weighted by atomic mass is 32.2. The molecule has 1 atom stereocenters. The van der Waals surface area contributed by atoms with Gasteiger partial charge in [0.2, 0.25) is 5.91 Å². The maximum atomic E-state index is 13.0. The number of rotatable bonds is 7. The largest absolute Gasteiger partial charge is 0.326 e. The molecule has 1 N–H and O–H groups in total. The second-order valence-electron chi connectivity index (χ2n) is 5.25. The fourth-order valence-electron chi connectivity index (χ4n) is 1.37. The summed E-state index contributed by atoms with van der Waals surface area (Å²) >= 11 is 0. The van der Waals surface area contributed by atoms with Crippen LogP contribution in [0, 0.1) is 5.82 Å². The highest BCUT2D eigenvalue weighted by molar-refractivity contribution is 7.85. The van der Waals surface area contributed by atoms with Gasteiger partial charge in [0.25, 0.3) is 0 Å². The van der Waals surface area contributed by atoms with Crippen molar-refractivity contribution in [3.05, 3.63) is 30.1 Å². The SMILES string of the molecule is CCC(C)(C)S(=O)/N=C/CCC(=O)Nc1cccc(F)c1. The van der Waals surface area contributed by atoms with Crippen LogP contribution in [0.1, 0.15) is 40.0 Å². The molecule has 0 radical (unpaired) electrons. The van der Waals surface area contributed by atoms with Gasteiger partial charge in [0.1, 0.15) is 16.8 Å². The minimum atomic E-state index is -1.30. The van der Waals surface area contributed by atoms with Crippen LogP contribution in [0.5, 0.6) is 0 Å². The Morgan fingerprint density at radius 1 is 1.48 bits per heavy atom. The monoisotopic (exact) mass is 312 g/mol. The van der Waals surface area contributed by atoms with Gasteiger partial charge in [-0.15, -0.1) is 0 Å². The average Bonchev–Trinajstić information content (AvgIpc) is 2.43. The maximum Gasteiger partial charge on any atom is 0.224 e. The van der Waals surface area contributed by atoms with E-state index in [1.54, 1.807) is 6.07 Å². The van der Waals surface area contributed by atoms with Crippen LogP contribution >= 0.6 is 0 Å². The highest BCUT2D eigenvalue weighted by Gasteiger charge is 2.22. The number of hydrogen-bond acceptors (Lipinski definition) is 2. The summed E-state index contributed by atoms with van der Waals surface area (Å²) in [7, 11) is -1.30. The normalized spacial score (nSPS) is 13.3. The van der Waals surface area contributed by atoms with Crippen molar-refractivity contribution >= 4 is 28.8 Å². The van der Waals surface area contributed by atoms with Gasteiger partial charge in [0.05, 0.1) is 4.75 Å². The molecule has 116 valence electrons. The van der Waals surface area contributed by atoms with Gasteiger partial charge in [-0.25, -0.2) is 8.60 Å². The molecule has 0 fully saturated rings. The van der Waals surface area contributed by atoms with Gasteiger partial charge in [-0.2, -0.15) is 4.40 Å². The zero-order valence-corrected chi connectivity index (χ0v) is 13.4. The van der Waals surface area contributed by atoms with Gasteiger partial charge in [-0.05, 0) is 44.9 Å². The molecule has 0 aliphatic rings. The zero-order chi connectivity index (χ0) is 15.9. The number of carbonyl (C=O) groups excluding carboxylic acids is 1. The Morgan fingerprint density at radius 2 is 2.19 bits per heavy atom. The second-order valence-corrected chi connectivity index (χ2v) is 7.06. The van der Waals surface area contributed by atoms with Crippen molar-refractivity contribution in [2.45, 2.75) is 44.8 Å². The molecule has 1 aromatic carbocycles. The highest BCUT2D eigenvalue weighted by Crippen LogP contribution is 2.17. The predicted molar refractivity (Wildman–Crippen MR) is 85.3 cm³/mol. The van der Waals surface area contributed by atoms with Gasteiger partial charge in [0, 0.05) is 18.3 Å². The van der Waals surface area contributed by atoms with Crippen molar-refractivity contribution in [1.29, 1.82) is 0 Å². The molecule has 21 heavy (non-hydrogen) atoms. The number of halogens is 1. The first kappa shape index (κ1) is 17.5. The van der Waals surface area contributed by atoms with Crippen LogP contribution < -0.4 is 5.32 Å². The first-order chi connectivity index (χ1) is 9.85. The van der Waals surface area contributed by atoms with Crippen molar-refractivity contribution in [2.24, 2.45) is 4.40 Å². The summed E-state index contributed by atoms with van der Waals surface area (Å²) in [4.78, 5) is 11.7. The summed E-state index contributed by atoms with van der Waals surface area (Å²) in [5, 5.41) is 2.60. The molecule has 1 rings (SSSR count). The second kappa shape index (κ2) is 8.02. The van der Waals surface area contributed by atoms with Crippen molar-refractivity contribution < 1.29 is 13.4 Å². The molecule has 4 nitrogen and oxygen atoms in total. The van der Waals surface area contributed by atoms with E-state index in [2.05, 4.69) is 9.71 Å². The van der Waals surface area contributed by atoms with E-state index in [9.17, 15) is 13.4 Å². The van der Waals surface area contributed by atoms with E-state index in [1.807, 2.05) is 20.8 Å². The Labute approximate surface area is 127 Å². The molecule has 0 heterocycles. The van der Waals surface area contributed by atoms with E-state index in [-0.39, 0.29) is 17.1 Å². The lowest BCUT2D eigenvalue weighted by Crippen LogP contribution is -2.23. The van der Waals surface area contributed by atoms with E-state index in [0.29, 0.717) is 12.1 Å². The summed E-state index contributed by atoms with van der Waals surface area (Å²) in [5.41, 5.74) is 0.424. The van der Waals surface area contributed by atoms with Crippen LogP contribution in [0.15, 0.2) is 28.7 Å². The molecule has 1 aromatic rings. The van der Waals surface area contributed by atoms with E-state index in [0.717, 1.165) is 6.42 Å². The summed E-state index contributed by atoms with van der Waals surface area (Å²) < 4.78 is 28.4. The number of hydrogen-bond donors (Lipinski definition) is 1. The summed E-state index contributed by atoms with van der Waals surface area (Å²) in [6, 6.07) is 5.72. The summed E-state index contributed by atoms with van der Waals surface area (Å²) in [6.45, 7) is 5.73. The van der Waals surface area contributed by atoms with Gasteiger partial charge < -0.3 is 5.32 Å². The smallest absolute Gasteiger partial charge is 0.224 e. The molecule has 1 unspecified atom stereocenters. The number of benzene rings is 1. The third-order valence-corrected chi connectivity index (χ3v) is 4.68. The van der Waals surface area contributed by atoms with Crippen molar-refractivity contribution in [3.63, 3.8) is 0 Å². The molecule has 0 aromatic heterocycles. The molecular formula is C15H21FN2O2S. The number of amides is 1. The molecular weight excluding hydrogens is 291 g/mol. The molecule has 6 heteroatoms. The molecule has 0 aliphatic carbocycles. The number of anilines is 1. The standard InChI is InChI=1S/C15H21FN2O2S/c1-4-15(2,3)21(20)17-10-6-9-14(19)18-13-8-5-7-12(16)11-13/h5,7-8,10-11H,4,6,9H2,1-3H3,(H,18,19)/b17-10+. The van der Waals surface area contributed by atoms with Gasteiger partial charge in [0.15, 0.2) is 0 Å². The van der Waals surface area contributed by atoms with Crippen molar-refractivity contribution in [3.8, 4) is 0 Å². The summed E-state index contributed by atoms with van der Waals surface area (Å²) in [6.07, 6.45) is 2.88. The fourth-order valence-corrected chi connectivity index (χ4v) is 2.15. The van der Waals surface area contributed by atoms with Crippen LogP contribution in [-0.2, 0) is 15.8 Å². The Morgan fingerprint density at radius 3 is 2.81 bits per heavy atom. The quantitative estimate of drug-likeness (QED) is 0.784. The minimum Gasteiger partial charge on any atom is -0.326 e. The lowest BCUT2D eigenvalue weighted by atomic mass is 10.1. The Hall–Kier alpha value is -1.56. The third-order valence-electron chi connectivity index (χ3n) is 3.10. The minimum absolute atomic E-state index is 0.212. The van der Waals surface area contributed by atoms with Crippen molar-refractivity contribution in [1.82, 2.24) is 0 Å².